The van der Waals surface area contributed by atoms with Crippen LogP contribution in [0, 0.1) is 5.41 Å². The monoisotopic (exact) mass is 205 g/mol. The van der Waals surface area contributed by atoms with Crippen LogP contribution in [0.5, 0.6) is 0 Å². The molecule has 1 aliphatic heterocycles. The fraction of sp³-hybridized carbons (Fsp3) is 0.750. The lowest BCUT2D eigenvalue weighted by atomic mass is 10.1. The quantitative estimate of drug-likeness (QED) is 0.819. The Labute approximate surface area is 90.9 Å². The van der Waals surface area contributed by atoms with E-state index in [1.807, 2.05) is 12.5 Å². The lowest BCUT2D eigenvalue weighted by Gasteiger charge is -2.16. The van der Waals surface area contributed by atoms with Crippen LogP contribution in [0.4, 0.5) is 0 Å². The average molecular weight is 205 g/mol. The Hall–Kier alpha value is -0.830. The molecule has 82 valence electrons. The van der Waals surface area contributed by atoms with Gasteiger partial charge in [-0.25, -0.2) is 4.98 Å². The molecule has 1 aromatic rings. The van der Waals surface area contributed by atoms with Gasteiger partial charge in [0.25, 0.3) is 0 Å². The highest BCUT2D eigenvalue weighted by atomic mass is 15.1. The largest absolute Gasteiger partial charge is 0.333 e. The zero-order valence-corrected chi connectivity index (χ0v) is 9.37. The molecule has 0 radical (unpaired) electrons. The first-order valence-electron chi connectivity index (χ1n) is 6.00. The third-order valence-electron chi connectivity index (χ3n) is 3.82. The minimum atomic E-state index is 0.551. The molecule has 1 saturated heterocycles. The Morgan fingerprint density at radius 2 is 2.47 bits per heavy atom. The number of aromatic nitrogens is 2. The van der Waals surface area contributed by atoms with Gasteiger partial charge in [0.1, 0.15) is 0 Å². The van der Waals surface area contributed by atoms with E-state index >= 15 is 0 Å². The van der Waals surface area contributed by atoms with E-state index in [1.54, 1.807) is 0 Å². The predicted molar refractivity (Wildman–Crippen MR) is 59.5 cm³/mol. The highest BCUT2D eigenvalue weighted by Gasteiger charge is 2.38. The maximum Gasteiger partial charge on any atom is 0.0948 e. The van der Waals surface area contributed by atoms with Crippen LogP contribution in [0.3, 0.4) is 0 Å². The SMILES string of the molecule is CC1(Cn2cncc2C2CCCN2)CC1. The summed E-state index contributed by atoms with van der Waals surface area (Å²) < 4.78 is 2.36. The van der Waals surface area contributed by atoms with Gasteiger partial charge in [0, 0.05) is 18.8 Å². The van der Waals surface area contributed by atoms with Gasteiger partial charge in [-0.2, -0.15) is 0 Å². The number of hydrogen-bond donors (Lipinski definition) is 1. The first-order chi connectivity index (χ1) is 7.27. The molecule has 15 heavy (non-hydrogen) atoms. The summed E-state index contributed by atoms with van der Waals surface area (Å²) in [6, 6.07) is 0.551. The van der Waals surface area contributed by atoms with Crippen molar-refractivity contribution >= 4 is 0 Å². The first kappa shape index (κ1) is 9.40. The van der Waals surface area contributed by atoms with Crippen molar-refractivity contribution in [3.05, 3.63) is 18.2 Å². The molecule has 2 fully saturated rings. The van der Waals surface area contributed by atoms with Crippen LogP contribution >= 0.6 is 0 Å². The van der Waals surface area contributed by atoms with Gasteiger partial charge < -0.3 is 9.88 Å². The molecule has 1 N–H and O–H groups in total. The van der Waals surface area contributed by atoms with Crippen LogP contribution in [0.1, 0.15) is 44.3 Å². The van der Waals surface area contributed by atoms with E-state index in [0.29, 0.717) is 11.5 Å². The van der Waals surface area contributed by atoms with E-state index in [0.717, 1.165) is 13.1 Å². The Morgan fingerprint density at radius 3 is 3.13 bits per heavy atom. The van der Waals surface area contributed by atoms with Gasteiger partial charge in [-0.1, -0.05) is 6.92 Å². The molecule has 3 heteroatoms. The van der Waals surface area contributed by atoms with Crippen molar-refractivity contribution in [1.82, 2.24) is 14.9 Å². The van der Waals surface area contributed by atoms with Crippen LogP contribution in [-0.2, 0) is 6.54 Å². The van der Waals surface area contributed by atoms with Gasteiger partial charge in [-0.3, -0.25) is 0 Å². The molecule has 3 nitrogen and oxygen atoms in total. The summed E-state index contributed by atoms with van der Waals surface area (Å²) in [5, 5.41) is 3.54. The van der Waals surface area contributed by atoms with Crippen molar-refractivity contribution in [2.24, 2.45) is 5.41 Å². The summed E-state index contributed by atoms with van der Waals surface area (Å²) in [6.45, 7) is 4.69. The first-order valence-corrected chi connectivity index (χ1v) is 6.00. The highest BCUT2D eigenvalue weighted by molar-refractivity contribution is 5.08. The van der Waals surface area contributed by atoms with Crippen molar-refractivity contribution < 1.29 is 0 Å². The zero-order valence-electron chi connectivity index (χ0n) is 9.37. The summed E-state index contributed by atoms with van der Waals surface area (Å²) in [5.74, 6) is 0. The molecular weight excluding hydrogens is 186 g/mol. The van der Waals surface area contributed by atoms with Crippen LogP contribution < -0.4 is 5.32 Å². The predicted octanol–water partition coefficient (Wildman–Crippen LogP) is 2.11. The van der Waals surface area contributed by atoms with Gasteiger partial charge in [-0.15, -0.1) is 0 Å². The molecule has 3 rings (SSSR count). The molecule has 0 bridgehead atoms. The molecule has 1 saturated carbocycles. The fourth-order valence-electron chi connectivity index (χ4n) is 2.47. The van der Waals surface area contributed by atoms with Gasteiger partial charge in [0.2, 0.25) is 0 Å². The number of hydrogen-bond acceptors (Lipinski definition) is 2. The molecule has 1 aromatic heterocycles. The topological polar surface area (TPSA) is 29.9 Å². The molecule has 1 unspecified atom stereocenters. The minimum Gasteiger partial charge on any atom is -0.333 e. The molecule has 0 amide bonds. The van der Waals surface area contributed by atoms with Gasteiger partial charge in [-0.05, 0) is 37.6 Å². The maximum absolute atomic E-state index is 4.30. The van der Waals surface area contributed by atoms with Crippen LogP contribution in [0.2, 0.25) is 0 Å². The van der Waals surface area contributed by atoms with Gasteiger partial charge in [0.15, 0.2) is 0 Å². The minimum absolute atomic E-state index is 0.551. The second-order valence-electron chi connectivity index (χ2n) is 5.41. The molecule has 2 aliphatic rings. The Balaban J connectivity index is 1.79. The third-order valence-corrected chi connectivity index (χ3v) is 3.82. The normalized spacial score (nSPS) is 28.2. The standard InChI is InChI=1S/C12H19N3/c1-12(4-5-12)8-15-9-13-7-11(15)10-3-2-6-14-10/h7,9-10,14H,2-6,8H2,1H3. The van der Waals surface area contributed by atoms with E-state index in [4.69, 9.17) is 0 Å². The Bertz CT molecular complexity index is 346. The highest BCUT2D eigenvalue weighted by Crippen LogP contribution is 2.46. The van der Waals surface area contributed by atoms with Crippen molar-refractivity contribution in [1.29, 1.82) is 0 Å². The lowest BCUT2D eigenvalue weighted by Crippen LogP contribution is -2.18. The van der Waals surface area contributed by atoms with Crippen LogP contribution in [0.15, 0.2) is 12.5 Å². The number of rotatable bonds is 3. The van der Waals surface area contributed by atoms with E-state index < -0.39 is 0 Å². The fourth-order valence-corrected chi connectivity index (χ4v) is 2.47. The summed E-state index contributed by atoms with van der Waals surface area (Å²) in [6.07, 6.45) is 9.36. The molecule has 0 aromatic carbocycles. The third kappa shape index (κ3) is 1.81. The van der Waals surface area contributed by atoms with Crippen molar-refractivity contribution in [2.45, 2.75) is 45.2 Å². The summed E-state index contributed by atoms with van der Waals surface area (Å²) in [4.78, 5) is 4.30. The summed E-state index contributed by atoms with van der Waals surface area (Å²) in [5.41, 5.74) is 1.95. The van der Waals surface area contributed by atoms with Gasteiger partial charge in [0.05, 0.1) is 12.0 Å². The molecule has 1 atom stereocenters. The Kier molecular flexibility index (Phi) is 2.09. The lowest BCUT2D eigenvalue weighted by molar-refractivity contribution is 0.439. The second-order valence-corrected chi connectivity index (χ2v) is 5.41. The van der Waals surface area contributed by atoms with Crippen LogP contribution in [0.25, 0.3) is 0 Å². The number of nitrogens with zero attached hydrogens (tertiary/aromatic N) is 2. The second kappa shape index (κ2) is 3.34. The molecule has 1 aliphatic carbocycles. The zero-order chi connectivity index (χ0) is 10.3. The van der Waals surface area contributed by atoms with E-state index in [2.05, 4.69) is 21.8 Å². The number of imidazole rings is 1. The smallest absolute Gasteiger partial charge is 0.0948 e. The molecule has 0 spiro atoms. The van der Waals surface area contributed by atoms with Crippen molar-refractivity contribution in [3.8, 4) is 0 Å². The summed E-state index contributed by atoms with van der Waals surface area (Å²) >= 11 is 0. The average Bonchev–Trinajstić information content (AvgIpc) is 2.72. The van der Waals surface area contributed by atoms with E-state index in [1.165, 1.54) is 31.4 Å². The Morgan fingerprint density at radius 1 is 1.60 bits per heavy atom. The maximum atomic E-state index is 4.30. The molecule has 2 heterocycles. The van der Waals surface area contributed by atoms with Crippen LogP contribution in [-0.4, -0.2) is 16.1 Å². The summed E-state index contributed by atoms with van der Waals surface area (Å²) in [7, 11) is 0. The van der Waals surface area contributed by atoms with E-state index in [9.17, 15) is 0 Å². The van der Waals surface area contributed by atoms with E-state index in [-0.39, 0.29) is 0 Å². The van der Waals surface area contributed by atoms with Crippen molar-refractivity contribution in [2.75, 3.05) is 6.54 Å². The molecular formula is C12H19N3. The number of nitrogens with one attached hydrogen (secondary N) is 1. The van der Waals surface area contributed by atoms with Crippen molar-refractivity contribution in [3.63, 3.8) is 0 Å². The van der Waals surface area contributed by atoms with Gasteiger partial charge >= 0.3 is 0 Å².